The summed E-state index contributed by atoms with van der Waals surface area (Å²) in [6.07, 6.45) is 10.6. The van der Waals surface area contributed by atoms with Crippen molar-refractivity contribution in [1.29, 1.82) is 0 Å². The number of carbonyl (C=O) groups is 1. The molecule has 0 atom stereocenters. The molecule has 2 aromatic carbocycles. The van der Waals surface area contributed by atoms with Gasteiger partial charge in [-0.15, -0.1) is 0 Å². The van der Waals surface area contributed by atoms with E-state index in [4.69, 9.17) is 31.8 Å². The first-order valence-electron chi connectivity index (χ1n) is 14.0. The predicted octanol–water partition coefficient (Wildman–Crippen LogP) is 5.86. The highest BCUT2D eigenvalue weighted by Crippen LogP contribution is 2.31. The summed E-state index contributed by atoms with van der Waals surface area (Å²) in [5.74, 6) is 1.05. The Balaban J connectivity index is 1.00. The minimum Gasteiger partial charge on any atom is -0.489 e. The number of pyridine rings is 2. The average molecular weight is 562 g/mol. The van der Waals surface area contributed by atoms with Gasteiger partial charge in [0.1, 0.15) is 11.6 Å². The fourth-order valence-corrected chi connectivity index (χ4v) is 5.35. The van der Waals surface area contributed by atoms with Crippen LogP contribution in [0.15, 0.2) is 54.9 Å². The first-order valence-corrected chi connectivity index (χ1v) is 14.4. The number of amides is 1. The van der Waals surface area contributed by atoms with E-state index in [1.54, 1.807) is 18.3 Å². The number of carbonyl (C=O) groups excluding carboxylic acids is 1. The Morgan fingerprint density at radius 3 is 2.70 bits per heavy atom. The number of fused-ring (bicyclic) bond motifs is 3. The molecule has 210 valence electrons. The Bertz CT molecular complexity index is 1460. The lowest BCUT2D eigenvalue weighted by Crippen LogP contribution is -2.16. The maximum Gasteiger partial charge on any atom is 0.248 e. The number of anilines is 1. The Morgan fingerprint density at radius 1 is 1.00 bits per heavy atom. The van der Waals surface area contributed by atoms with Gasteiger partial charge in [0.25, 0.3) is 0 Å². The molecule has 0 aliphatic heterocycles. The van der Waals surface area contributed by atoms with Gasteiger partial charge < -0.3 is 25.8 Å². The number of hydrogen-bond acceptors (Lipinski definition) is 7. The minimum absolute atomic E-state index is 0.310. The van der Waals surface area contributed by atoms with Gasteiger partial charge in [-0.3, -0.25) is 9.78 Å². The van der Waals surface area contributed by atoms with Crippen LogP contribution >= 0.6 is 11.6 Å². The molecule has 0 radical (unpaired) electrons. The Labute approximate surface area is 239 Å². The van der Waals surface area contributed by atoms with E-state index in [2.05, 4.69) is 21.7 Å². The van der Waals surface area contributed by atoms with Gasteiger partial charge in [-0.2, -0.15) is 0 Å². The maximum atomic E-state index is 11.6. The Hall–Kier alpha value is -3.46. The molecule has 1 aliphatic rings. The molecule has 1 aliphatic carbocycles. The van der Waals surface area contributed by atoms with Crippen molar-refractivity contribution in [2.45, 2.75) is 51.2 Å². The average Bonchev–Trinajstić information content (AvgIpc) is 3.48. The van der Waals surface area contributed by atoms with E-state index in [0.717, 1.165) is 72.1 Å². The van der Waals surface area contributed by atoms with Crippen molar-refractivity contribution in [3.8, 4) is 5.75 Å². The predicted molar refractivity (Wildman–Crippen MR) is 160 cm³/mol. The largest absolute Gasteiger partial charge is 0.489 e. The molecule has 0 spiro atoms. The number of halogens is 1. The highest BCUT2D eigenvalue weighted by Gasteiger charge is 2.17. The Morgan fingerprint density at radius 2 is 1.88 bits per heavy atom. The van der Waals surface area contributed by atoms with Crippen molar-refractivity contribution in [3.05, 3.63) is 71.0 Å². The minimum atomic E-state index is -0.476. The van der Waals surface area contributed by atoms with Crippen LogP contribution in [-0.4, -0.2) is 48.3 Å². The van der Waals surface area contributed by atoms with E-state index in [1.165, 1.54) is 12.8 Å². The van der Waals surface area contributed by atoms with Crippen molar-refractivity contribution in [2.75, 3.05) is 31.6 Å². The third kappa shape index (κ3) is 7.18. The standard InChI is InChI=1S/C31H36ClN5O3/c32-27-17-21(7-10-29(27)40-23-5-1-2-6-23)19-34-12-3-4-15-39-16-14-36-31-25-11-13-35-20-26(25)24-9-8-22(30(33)38)18-28(24)37-31/h7-11,13,17-18,20,23,34H,1-6,12,14-16,19H2,(H2,33,38)(H,36,37). The molecule has 1 fully saturated rings. The van der Waals surface area contributed by atoms with Crippen LogP contribution in [0, 0.1) is 0 Å². The van der Waals surface area contributed by atoms with Crippen LogP contribution in [0.25, 0.3) is 21.7 Å². The molecule has 8 nitrogen and oxygen atoms in total. The van der Waals surface area contributed by atoms with Crippen LogP contribution < -0.4 is 21.1 Å². The molecule has 2 aromatic heterocycles. The van der Waals surface area contributed by atoms with E-state index in [9.17, 15) is 4.79 Å². The quantitative estimate of drug-likeness (QED) is 0.131. The van der Waals surface area contributed by atoms with Gasteiger partial charge in [0.05, 0.1) is 23.3 Å². The highest BCUT2D eigenvalue weighted by molar-refractivity contribution is 6.32. The first kappa shape index (κ1) is 28.1. The summed E-state index contributed by atoms with van der Waals surface area (Å²) in [5, 5.41) is 10.4. The molecular weight excluding hydrogens is 526 g/mol. The van der Waals surface area contributed by atoms with E-state index in [-0.39, 0.29) is 0 Å². The zero-order chi connectivity index (χ0) is 27.7. The summed E-state index contributed by atoms with van der Waals surface area (Å²) in [4.78, 5) is 20.6. The van der Waals surface area contributed by atoms with Gasteiger partial charge in [0, 0.05) is 53.8 Å². The Kier molecular flexibility index (Phi) is 9.65. The number of rotatable bonds is 14. The highest BCUT2D eigenvalue weighted by atomic mass is 35.5. The number of hydrogen-bond donors (Lipinski definition) is 3. The van der Waals surface area contributed by atoms with Crippen LogP contribution in [0.4, 0.5) is 5.82 Å². The van der Waals surface area contributed by atoms with Crippen molar-refractivity contribution in [3.63, 3.8) is 0 Å². The van der Waals surface area contributed by atoms with Crippen LogP contribution in [0.3, 0.4) is 0 Å². The number of benzene rings is 2. The van der Waals surface area contributed by atoms with E-state index in [1.807, 2.05) is 30.5 Å². The van der Waals surface area contributed by atoms with Gasteiger partial charge in [0.2, 0.25) is 5.91 Å². The molecule has 9 heteroatoms. The summed E-state index contributed by atoms with van der Waals surface area (Å²) in [7, 11) is 0. The van der Waals surface area contributed by atoms with Crippen molar-refractivity contribution < 1.29 is 14.3 Å². The summed E-state index contributed by atoms with van der Waals surface area (Å²) in [6, 6.07) is 13.3. The third-order valence-corrected chi connectivity index (χ3v) is 7.53. The van der Waals surface area contributed by atoms with E-state index < -0.39 is 5.91 Å². The summed E-state index contributed by atoms with van der Waals surface area (Å²) < 4.78 is 11.9. The lowest BCUT2D eigenvalue weighted by atomic mass is 10.1. The molecule has 2 heterocycles. The van der Waals surface area contributed by atoms with Crippen molar-refractivity contribution in [2.24, 2.45) is 5.73 Å². The normalized spacial score (nSPS) is 13.7. The maximum absolute atomic E-state index is 11.6. The van der Waals surface area contributed by atoms with Gasteiger partial charge in [-0.1, -0.05) is 23.7 Å². The number of nitrogens with two attached hydrogens (primary N) is 1. The van der Waals surface area contributed by atoms with Crippen LogP contribution in [0.1, 0.15) is 54.4 Å². The molecule has 0 bridgehead atoms. The van der Waals surface area contributed by atoms with Gasteiger partial charge in [-0.05, 0) is 81.0 Å². The molecule has 1 amide bonds. The number of primary amides is 1. The SMILES string of the molecule is NC(=O)c1ccc2c(c1)nc(NCCOCCCCNCc1ccc(OC3CCCC3)c(Cl)c1)c1ccncc12. The van der Waals surface area contributed by atoms with Gasteiger partial charge in [-0.25, -0.2) is 4.98 Å². The zero-order valence-corrected chi connectivity index (χ0v) is 23.4. The number of aromatic nitrogens is 2. The molecule has 4 aromatic rings. The van der Waals surface area contributed by atoms with Crippen LogP contribution in [-0.2, 0) is 11.3 Å². The topological polar surface area (TPSA) is 111 Å². The van der Waals surface area contributed by atoms with Crippen molar-refractivity contribution >= 4 is 45.0 Å². The summed E-state index contributed by atoms with van der Waals surface area (Å²) in [6.45, 7) is 3.56. The second kappa shape index (κ2) is 13.7. The van der Waals surface area contributed by atoms with Crippen LogP contribution in [0.5, 0.6) is 5.75 Å². The van der Waals surface area contributed by atoms with Crippen molar-refractivity contribution in [1.82, 2.24) is 15.3 Å². The molecule has 0 saturated heterocycles. The van der Waals surface area contributed by atoms with E-state index in [0.29, 0.717) is 42.0 Å². The summed E-state index contributed by atoms with van der Waals surface area (Å²) >= 11 is 6.44. The lowest BCUT2D eigenvalue weighted by molar-refractivity contribution is 0.100. The second-order valence-electron chi connectivity index (χ2n) is 10.2. The van der Waals surface area contributed by atoms with Gasteiger partial charge in [0.15, 0.2) is 0 Å². The second-order valence-corrected chi connectivity index (χ2v) is 10.6. The smallest absolute Gasteiger partial charge is 0.248 e. The molecule has 4 N–H and O–H groups in total. The molecule has 5 rings (SSSR count). The zero-order valence-electron chi connectivity index (χ0n) is 22.6. The fourth-order valence-electron chi connectivity index (χ4n) is 5.10. The van der Waals surface area contributed by atoms with Gasteiger partial charge >= 0.3 is 0 Å². The third-order valence-electron chi connectivity index (χ3n) is 7.23. The molecule has 0 unspecified atom stereocenters. The van der Waals surface area contributed by atoms with Crippen LogP contribution in [0.2, 0.25) is 5.02 Å². The fraction of sp³-hybridized carbons (Fsp3) is 0.387. The summed E-state index contributed by atoms with van der Waals surface area (Å²) in [5.41, 5.74) is 7.74. The first-order chi connectivity index (χ1) is 19.6. The number of ether oxygens (including phenoxy) is 2. The number of nitrogens with one attached hydrogen (secondary N) is 2. The number of unbranched alkanes of at least 4 members (excludes halogenated alkanes) is 1. The number of nitrogens with zero attached hydrogens (tertiary/aromatic N) is 2. The molecular formula is C31H36ClN5O3. The molecule has 1 saturated carbocycles. The van der Waals surface area contributed by atoms with E-state index >= 15 is 0 Å². The molecule has 40 heavy (non-hydrogen) atoms. The monoisotopic (exact) mass is 561 g/mol. The lowest BCUT2D eigenvalue weighted by Gasteiger charge is -2.15.